The molecule has 0 aromatic rings. The van der Waals surface area contributed by atoms with Gasteiger partial charge in [0.05, 0.1) is 0 Å². The maximum absolute atomic E-state index is 11.5. The Bertz CT molecular complexity index is 270. The molecule has 84 valence electrons. The van der Waals surface area contributed by atoms with Gasteiger partial charge in [0.25, 0.3) is 0 Å². The lowest BCUT2D eigenvalue weighted by Gasteiger charge is -2.34. The molecule has 0 aromatic carbocycles. The van der Waals surface area contributed by atoms with E-state index in [1.807, 2.05) is 19.1 Å². The van der Waals surface area contributed by atoms with Gasteiger partial charge in [-0.3, -0.25) is 0 Å². The van der Waals surface area contributed by atoms with Crippen LogP contribution in [0.4, 0.5) is 0 Å². The van der Waals surface area contributed by atoms with Crippen LogP contribution in [-0.4, -0.2) is 11.6 Å². The Morgan fingerprint density at radius 1 is 1.33 bits per heavy atom. The van der Waals surface area contributed by atoms with Gasteiger partial charge in [-0.15, -0.1) is 0 Å². The molecule has 1 aliphatic carbocycles. The van der Waals surface area contributed by atoms with Crippen LogP contribution in [0.25, 0.3) is 0 Å². The molecule has 0 atom stereocenters. The maximum atomic E-state index is 11.5. The Balaban J connectivity index is 2.72. The second kappa shape index (κ2) is 5.15. The van der Waals surface area contributed by atoms with Crippen molar-refractivity contribution >= 4 is 5.97 Å². The average Bonchev–Trinajstić information content (AvgIpc) is 2.19. The Labute approximate surface area is 92.0 Å². The van der Waals surface area contributed by atoms with E-state index in [-0.39, 0.29) is 11.6 Å². The summed E-state index contributed by atoms with van der Waals surface area (Å²) in [7, 11) is 0. The predicted octanol–water partition coefficient (Wildman–Crippen LogP) is 3.38. The predicted molar refractivity (Wildman–Crippen MR) is 61.5 cm³/mol. The molecule has 0 spiro atoms. The largest absolute Gasteiger partial charge is 0.451 e. The molecule has 0 amide bonds. The molecular weight excluding hydrogens is 188 g/mol. The first-order chi connectivity index (χ1) is 7.09. The number of hydrogen-bond donors (Lipinski definition) is 0. The second-order valence-electron chi connectivity index (χ2n) is 4.30. The first-order valence-corrected chi connectivity index (χ1v) is 5.62. The molecular formula is C13H20O2. The van der Waals surface area contributed by atoms with E-state index in [9.17, 15) is 4.79 Å². The third kappa shape index (κ3) is 3.22. The van der Waals surface area contributed by atoms with Gasteiger partial charge >= 0.3 is 5.97 Å². The van der Waals surface area contributed by atoms with E-state index in [0.717, 1.165) is 25.7 Å². The second-order valence-corrected chi connectivity index (χ2v) is 4.30. The minimum Gasteiger partial charge on any atom is -0.451 e. The molecule has 1 aliphatic rings. The number of ether oxygens (including phenoxy) is 1. The van der Waals surface area contributed by atoms with E-state index in [1.54, 1.807) is 6.92 Å². The number of carbonyl (C=O) groups excluding carboxylic acids is 1. The Morgan fingerprint density at radius 3 is 2.40 bits per heavy atom. The van der Waals surface area contributed by atoms with Gasteiger partial charge in [0.15, 0.2) is 0 Å². The molecule has 2 nitrogen and oxygen atoms in total. The van der Waals surface area contributed by atoms with Gasteiger partial charge < -0.3 is 4.74 Å². The number of allylic oxidation sites excluding steroid dienone is 1. The SMILES string of the molecule is C=C(C)C(=O)OC1(/C=C/C)CCCCC1. The van der Waals surface area contributed by atoms with Gasteiger partial charge in [0.1, 0.15) is 5.60 Å². The highest BCUT2D eigenvalue weighted by Crippen LogP contribution is 2.33. The van der Waals surface area contributed by atoms with Crippen LogP contribution < -0.4 is 0 Å². The first-order valence-electron chi connectivity index (χ1n) is 5.62. The summed E-state index contributed by atoms with van der Waals surface area (Å²) in [4.78, 5) is 11.5. The van der Waals surface area contributed by atoms with Gasteiger partial charge in [-0.2, -0.15) is 0 Å². The van der Waals surface area contributed by atoms with Crippen molar-refractivity contribution in [2.45, 2.75) is 51.6 Å². The van der Waals surface area contributed by atoms with Crippen LogP contribution in [-0.2, 0) is 9.53 Å². The Morgan fingerprint density at radius 2 is 1.93 bits per heavy atom. The molecule has 1 rings (SSSR count). The quantitative estimate of drug-likeness (QED) is 0.404. The van der Waals surface area contributed by atoms with Crippen LogP contribution in [0, 0.1) is 0 Å². The monoisotopic (exact) mass is 208 g/mol. The van der Waals surface area contributed by atoms with Crippen molar-refractivity contribution in [1.29, 1.82) is 0 Å². The molecule has 0 radical (unpaired) electrons. The van der Waals surface area contributed by atoms with Gasteiger partial charge in [0.2, 0.25) is 0 Å². The normalized spacial score (nSPS) is 20.1. The zero-order valence-electron chi connectivity index (χ0n) is 9.71. The van der Waals surface area contributed by atoms with Crippen LogP contribution in [0.2, 0.25) is 0 Å². The summed E-state index contributed by atoms with van der Waals surface area (Å²) < 4.78 is 5.56. The highest BCUT2D eigenvalue weighted by molar-refractivity contribution is 5.87. The van der Waals surface area contributed by atoms with Crippen molar-refractivity contribution < 1.29 is 9.53 Å². The van der Waals surface area contributed by atoms with Gasteiger partial charge in [0, 0.05) is 5.57 Å². The van der Waals surface area contributed by atoms with Crippen molar-refractivity contribution in [3.8, 4) is 0 Å². The van der Waals surface area contributed by atoms with E-state index < -0.39 is 0 Å². The van der Waals surface area contributed by atoms with E-state index >= 15 is 0 Å². The lowest BCUT2D eigenvalue weighted by atomic mass is 9.84. The molecule has 0 saturated heterocycles. The molecule has 0 aliphatic heterocycles. The third-order valence-corrected chi connectivity index (χ3v) is 2.81. The first kappa shape index (κ1) is 12.0. The van der Waals surface area contributed by atoms with E-state index in [4.69, 9.17) is 4.74 Å². The summed E-state index contributed by atoms with van der Waals surface area (Å²) in [5.74, 6) is -0.269. The van der Waals surface area contributed by atoms with Gasteiger partial charge in [-0.05, 0) is 45.6 Å². The summed E-state index contributed by atoms with van der Waals surface area (Å²) >= 11 is 0. The molecule has 0 heterocycles. The fourth-order valence-corrected chi connectivity index (χ4v) is 2.03. The van der Waals surface area contributed by atoms with Crippen LogP contribution in [0.5, 0.6) is 0 Å². The Hall–Kier alpha value is -1.05. The molecule has 1 fully saturated rings. The van der Waals surface area contributed by atoms with Gasteiger partial charge in [-0.1, -0.05) is 19.1 Å². The molecule has 1 saturated carbocycles. The average molecular weight is 208 g/mol. The van der Waals surface area contributed by atoms with Crippen LogP contribution in [0.1, 0.15) is 46.0 Å². The summed E-state index contributed by atoms with van der Waals surface area (Å²) in [6.45, 7) is 7.27. The van der Waals surface area contributed by atoms with Crippen LogP contribution >= 0.6 is 0 Å². The minimum atomic E-state index is -0.358. The molecule has 0 aromatic heterocycles. The molecule has 2 heteroatoms. The van der Waals surface area contributed by atoms with Crippen molar-refractivity contribution in [3.05, 3.63) is 24.3 Å². The highest BCUT2D eigenvalue weighted by Gasteiger charge is 2.33. The van der Waals surface area contributed by atoms with Crippen molar-refractivity contribution in [2.75, 3.05) is 0 Å². The molecule has 0 N–H and O–H groups in total. The minimum absolute atomic E-state index is 0.269. The summed E-state index contributed by atoms with van der Waals surface area (Å²) in [5, 5.41) is 0. The zero-order valence-corrected chi connectivity index (χ0v) is 9.71. The lowest BCUT2D eigenvalue weighted by molar-refractivity contribution is -0.152. The number of carbonyl (C=O) groups is 1. The fraction of sp³-hybridized carbons (Fsp3) is 0.615. The highest BCUT2D eigenvalue weighted by atomic mass is 16.6. The van der Waals surface area contributed by atoms with Crippen molar-refractivity contribution in [3.63, 3.8) is 0 Å². The van der Waals surface area contributed by atoms with E-state index in [2.05, 4.69) is 6.58 Å². The summed E-state index contributed by atoms with van der Waals surface area (Å²) in [5.41, 5.74) is 0.118. The van der Waals surface area contributed by atoms with Gasteiger partial charge in [-0.25, -0.2) is 4.79 Å². The molecule has 0 unspecified atom stereocenters. The maximum Gasteiger partial charge on any atom is 0.333 e. The number of hydrogen-bond acceptors (Lipinski definition) is 2. The van der Waals surface area contributed by atoms with Crippen molar-refractivity contribution in [1.82, 2.24) is 0 Å². The summed E-state index contributed by atoms with van der Waals surface area (Å²) in [6.07, 6.45) is 9.38. The molecule has 0 bridgehead atoms. The lowest BCUT2D eigenvalue weighted by Crippen LogP contribution is -2.35. The van der Waals surface area contributed by atoms with Crippen LogP contribution in [0.3, 0.4) is 0 Å². The standard InChI is InChI=1S/C13H20O2/c1-4-8-13(9-6-5-7-10-13)15-12(14)11(2)3/h4,8H,2,5-7,9-10H2,1,3H3/b8-4+. The third-order valence-electron chi connectivity index (χ3n) is 2.81. The molecule has 15 heavy (non-hydrogen) atoms. The fourth-order valence-electron chi connectivity index (χ4n) is 2.03. The van der Waals surface area contributed by atoms with Crippen molar-refractivity contribution in [2.24, 2.45) is 0 Å². The van der Waals surface area contributed by atoms with E-state index in [1.165, 1.54) is 6.42 Å². The summed E-state index contributed by atoms with van der Waals surface area (Å²) in [6, 6.07) is 0. The topological polar surface area (TPSA) is 26.3 Å². The van der Waals surface area contributed by atoms with Crippen LogP contribution in [0.15, 0.2) is 24.3 Å². The smallest absolute Gasteiger partial charge is 0.333 e. The zero-order chi connectivity index (χ0) is 11.3. The number of esters is 1. The van der Waals surface area contributed by atoms with E-state index in [0.29, 0.717) is 5.57 Å². The number of rotatable bonds is 3. The Kier molecular flexibility index (Phi) is 4.13.